The van der Waals surface area contributed by atoms with Gasteiger partial charge < -0.3 is 20.1 Å². The third-order valence-electron chi connectivity index (χ3n) is 2.23. The van der Waals surface area contributed by atoms with E-state index in [2.05, 4.69) is 10.3 Å². The third-order valence-corrected chi connectivity index (χ3v) is 3.08. The number of H-pyrrole nitrogens is 1. The second kappa shape index (κ2) is 4.09. The lowest BCUT2D eigenvalue weighted by Gasteiger charge is -2.36. The van der Waals surface area contributed by atoms with E-state index in [-0.39, 0.29) is 0 Å². The Balaban J connectivity index is 2.05. The van der Waals surface area contributed by atoms with Crippen molar-refractivity contribution in [2.45, 2.75) is 5.60 Å². The monoisotopic (exact) mass is 246 g/mol. The first-order valence-electron chi connectivity index (χ1n) is 4.52. The highest BCUT2D eigenvalue weighted by atomic mass is 35.5. The van der Waals surface area contributed by atoms with Crippen molar-refractivity contribution < 1.29 is 9.84 Å². The van der Waals surface area contributed by atoms with Crippen molar-refractivity contribution in [1.29, 1.82) is 0 Å². The van der Waals surface area contributed by atoms with Crippen LogP contribution in [0.15, 0.2) is 12.3 Å². The second-order valence-corrected chi connectivity index (χ2v) is 4.42. The molecule has 2 rings (SSSR count). The molecule has 1 fully saturated rings. The van der Waals surface area contributed by atoms with E-state index >= 15 is 0 Å². The predicted octanol–water partition coefficient (Wildman–Crippen LogP) is 1.57. The molecule has 4 nitrogen and oxygen atoms in total. The molecule has 0 bridgehead atoms. The van der Waals surface area contributed by atoms with E-state index in [4.69, 9.17) is 28.6 Å². The van der Waals surface area contributed by atoms with Crippen molar-refractivity contribution >= 4 is 29.6 Å². The van der Waals surface area contributed by atoms with Gasteiger partial charge in [-0.3, -0.25) is 0 Å². The highest BCUT2D eigenvalue weighted by Gasteiger charge is 2.35. The molecule has 3 N–H and O–H groups in total. The van der Waals surface area contributed by atoms with Gasteiger partial charge in [-0.05, 0) is 6.07 Å². The van der Waals surface area contributed by atoms with E-state index < -0.39 is 5.60 Å². The number of halogens is 1. The van der Waals surface area contributed by atoms with Gasteiger partial charge in [0.05, 0.1) is 22.7 Å². The van der Waals surface area contributed by atoms with Crippen molar-refractivity contribution in [3.63, 3.8) is 0 Å². The highest BCUT2D eigenvalue weighted by Crippen LogP contribution is 2.22. The highest BCUT2D eigenvalue weighted by molar-refractivity contribution is 7.71. The van der Waals surface area contributed by atoms with Crippen LogP contribution >= 0.6 is 23.8 Å². The molecule has 15 heavy (non-hydrogen) atoms. The minimum absolute atomic E-state index is 0.352. The lowest BCUT2D eigenvalue weighted by atomic mass is 10.0. The molecule has 0 spiro atoms. The molecule has 0 saturated carbocycles. The van der Waals surface area contributed by atoms with Gasteiger partial charge in [0, 0.05) is 12.7 Å². The van der Waals surface area contributed by atoms with Gasteiger partial charge in [0.2, 0.25) is 0 Å². The predicted molar refractivity (Wildman–Crippen MR) is 60.9 cm³/mol. The number of aromatic nitrogens is 1. The topological polar surface area (TPSA) is 57.3 Å². The van der Waals surface area contributed by atoms with E-state index in [0.717, 1.165) is 0 Å². The minimum atomic E-state index is -0.783. The summed E-state index contributed by atoms with van der Waals surface area (Å²) in [6.45, 7) is 1.10. The van der Waals surface area contributed by atoms with E-state index in [1.807, 2.05) is 0 Å². The van der Waals surface area contributed by atoms with E-state index in [1.54, 1.807) is 12.3 Å². The summed E-state index contributed by atoms with van der Waals surface area (Å²) in [5.41, 5.74) is -0.783. The fourth-order valence-electron chi connectivity index (χ4n) is 1.28. The fraction of sp³-hybridized carbons (Fsp3) is 0.444. The van der Waals surface area contributed by atoms with Crippen molar-refractivity contribution in [3.05, 3.63) is 21.8 Å². The fourth-order valence-corrected chi connectivity index (χ4v) is 1.64. The quantitative estimate of drug-likeness (QED) is 0.709. The maximum atomic E-state index is 9.76. The van der Waals surface area contributed by atoms with Crippen molar-refractivity contribution in [2.24, 2.45) is 0 Å². The molecule has 1 aliphatic heterocycles. The van der Waals surface area contributed by atoms with Gasteiger partial charge in [-0.2, -0.15) is 0 Å². The minimum Gasteiger partial charge on any atom is -0.383 e. The molecule has 0 radical (unpaired) electrons. The van der Waals surface area contributed by atoms with Gasteiger partial charge >= 0.3 is 0 Å². The Kier molecular flexibility index (Phi) is 2.97. The Hall–Kier alpha value is -0.620. The van der Waals surface area contributed by atoms with Crippen molar-refractivity contribution in [2.75, 3.05) is 25.1 Å². The SMILES string of the molecule is OC1(CNc2[nH]ccc(=S)c2Cl)COC1. The standard InChI is InChI=1S/C9H11ClN2O2S/c10-7-6(15)1-2-11-8(7)12-3-9(13)4-14-5-9/h1-2,13H,3-5H2,(H2,11,12,15). The summed E-state index contributed by atoms with van der Waals surface area (Å²) in [4.78, 5) is 2.94. The maximum Gasteiger partial charge on any atom is 0.128 e. The van der Waals surface area contributed by atoms with Crippen LogP contribution in [0.4, 0.5) is 5.82 Å². The zero-order chi connectivity index (χ0) is 10.9. The number of hydrogen-bond acceptors (Lipinski definition) is 4. The second-order valence-electron chi connectivity index (χ2n) is 3.60. The van der Waals surface area contributed by atoms with Crippen LogP contribution in [-0.4, -0.2) is 35.5 Å². The van der Waals surface area contributed by atoms with Crippen LogP contribution in [0.5, 0.6) is 0 Å². The van der Waals surface area contributed by atoms with Crippen molar-refractivity contribution in [1.82, 2.24) is 4.98 Å². The summed E-state index contributed by atoms with van der Waals surface area (Å²) < 4.78 is 5.50. The first kappa shape index (κ1) is 10.9. The van der Waals surface area contributed by atoms with Crippen LogP contribution in [0.2, 0.25) is 5.02 Å². The van der Waals surface area contributed by atoms with Crippen LogP contribution in [0.1, 0.15) is 0 Å². The molecule has 1 aromatic rings. The zero-order valence-corrected chi connectivity index (χ0v) is 9.49. The summed E-state index contributed by atoms with van der Waals surface area (Å²) in [5, 5.41) is 13.2. The number of aromatic amines is 1. The van der Waals surface area contributed by atoms with Crippen LogP contribution in [0, 0.1) is 4.51 Å². The van der Waals surface area contributed by atoms with Crippen LogP contribution in [-0.2, 0) is 4.74 Å². The third kappa shape index (κ3) is 2.31. The summed E-state index contributed by atoms with van der Waals surface area (Å²) in [6.07, 6.45) is 1.71. The molecule has 0 aromatic carbocycles. The molecule has 1 saturated heterocycles. The normalized spacial score (nSPS) is 18.3. The van der Waals surface area contributed by atoms with E-state index in [0.29, 0.717) is 35.1 Å². The Morgan fingerprint density at radius 2 is 2.40 bits per heavy atom. The lowest BCUT2D eigenvalue weighted by Crippen LogP contribution is -2.54. The molecule has 0 aliphatic carbocycles. The average Bonchev–Trinajstić information content (AvgIpc) is 2.17. The van der Waals surface area contributed by atoms with Gasteiger partial charge in [-0.15, -0.1) is 0 Å². The summed E-state index contributed by atoms with van der Waals surface area (Å²) in [6, 6.07) is 1.71. The number of aliphatic hydroxyl groups is 1. The first-order valence-corrected chi connectivity index (χ1v) is 5.31. The Morgan fingerprint density at radius 1 is 1.67 bits per heavy atom. The van der Waals surface area contributed by atoms with E-state index in [9.17, 15) is 5.11 Å². The lowest BCUT2D eigenvalue weighted by molar-refractivity contribution is -0.168. The van der Waals surface area contributed by atoms with Crippen molar-refractivity contribution in [3.8, 4) is 0 Å². The molecule has 82 valence electrons. The Bertz CT molecular complexity index is 417. The van der Waals surface area contributed by atoms with Gasteiger partial charge in [-0.25, -0.2) is 0 Å². The Morgan fingerprint density at radius 3 is 3.00 bits per heavy atom. The van der Waals surface area contributed by atoms with Gasteiger partial charge in [0.1, 0.15) is 11.4 Å². The van der Waals surface area contributed by atoms with Gasteiger partial charge in [0.25, 0.3) is 0 Å². The molecule has 0 unspecified atom stereocenters. The molecule has 2 heterocycles. The number of anilines is 1. The number of ether oxygens (including phenoxy) is 1. The summed E-state index contributed by atoms with van der Waals surface area (Å²) in [7, 11) is 0. The molecule has 0 amide bonds. The smallest absolute Gasteiger partial charge is 0.128 e. The number of rotatable bonds is 3. The molecular formula is C9H11ClN2O2S. The largest absolute Gasteiger partial charge is 0.383 e. The maximum absolute atomic E-state index is 9.76. The first-order chi connectivity index (χ1) is 7.11. The van der Waals surface area contributed by atoms with Gasteiger partial charge in [0.15, 0.2) is 0 Å². The number of pyridine rings is 1. The zero-order valence-electron chi connectivity index (χ0n) is 7.92. The molecule has 1 aromatic heterocycles. The Labute approximate surface area is 97.2 Å². The number of nitrogens with one attached hydrogen (secondary N) is 2. The van der Waals surface area contributed by atoms with Crippen LogP contribution in [0.3, 0.4) is 0 Å². The van der Waals surface area contributed by atoms with Crippen LogP contribution < -0.4 is 5.32 Å². The van der Waals surface area contributed by atoms with Gasteiger partial charge in [-0.1, -0.05) is 23.8 Å². The molecule has 6 heteroatoms. The molecular weight excluding hydrogens is 236 g/mol. The average molecular weight is 247 g/mol. The van der Waals surface area contributed by atoms with Crippen LogP contribution in [0.25, 0.3) is 0 Å². The summed E-state index contributed by atoms with van der Waals surface area (Å²) >= 11 is 11.0. The van der Waals surface area contributed by atoms with E-state index in [1.165, 1.54) is 0 Å². The molecule has 0 atom stereocenters. The molecule has 1 aliphatic rings. The summed E-state index contributed by atoms with van der Waals surface area (Å²) in [5.74, 6) is 0.629. The number of hydrogen-bond donors (Lipinski definition) is 3.